The van der Waals surface area contributed by atoms with Crippen LogP contribution >= 0.6 is 23.4 Å². The van der Waals surface area contributed by atoms with Gasteiger partial charge in [0, 0.05) is 52.9 Å². The number of amides is 1. The number of carbonyl (C=O) groups excluding carboxylic acids is 1. The number of halogens is 1. The summed E-state index contributed by atoms with van der Waals surface area (Å²) in [5, 5.41) is 0.741. The Kier molecular flexibility index (Phi) is 9.36. The van der Waals surface area contributed by atoms with E-state index in [1.54, 1.807) is 24.9 Å². The number of thioether (sulfide) groups is 1. The Morgan fingerprint density at radius 3 is 2.89 bits per heavy atom. The molecule has 2 aromatic carbocycles. The Labute approximate surface area is 236 Å². The van der Waals surface area contributed by atoms with Crippen LogP contribution in [0.2, 0.25) is 5.02 Å². The molecular weight excluding hydrogens is 540 g/mol. The van der Waals surface area contributed by atoms with Crippen molar-refractivity contribution in [3.8, 4) is 5.75 Å². The summed E-state index contributed by atoms with van der Waals surface area (Å²) >= 11 is 8.12. The number of allylic oxidation sites excluding steroid dienone is 1. The second-order valence-corrected chi connectivity index (χ2v) is 13.0. The van der Waals surface area contributed by atoms with Crippen molar-refractivity contribution in [3.63, 3.8) is 0 Å². The molecule has 1 aliphatic carbocycles. The molecule has 3 aliphatic rings. The second kappa shape index (κ2) is 12.9. The molecule has 9 heteroatoms. The number of anilines is 1. The van der Waals surface area contributed by atoms with E-state index in [1.165, 1.54) is 11.1 Å². The summed E-state index contributed by atoms with van der Waals surface area (Å²) in [6.45, 7) is 1.49. The predicted molar refractivity (Wildman–Crippen MR) is 157 cm³/mol. The van der Waals surface area contributed by atoms with Crippen molar-refractivity contribution in [2.24, 2.45) is 16.2 Å². The van der Waals surface area contributed by atoms with E-state index in [2.05, 4.69) is 33.5 Å². The summed E-state index contributed by atoms with van der Waals surface area (Å²) in [4.78, 5) is 15.4. The van der Waals surface area contributed by atoms with Crippen molar-refractivity contribution in [1.29, 1.82) is 0 Å². The number of carbonyl (C=O) groups is 1. The quantitative estimate of drug-likeness (QED) is 0.325. The molecule has 1 amide bonds. The fourth-order valence-electron chi connectivity index (χ4n) is 5.52. The smallest absolute Gasteiger partial charge is 0.284 e. The fraction of sp³-hybridized carbons (Fsp3) is 0.483. The molecule has 2 bridgehead atoms. The zero-order valence-corrected chi connectivity index (χ0v) is 24.1. The molecule has 0 spiro atoms. The van der Waals surface area contributed by atoms with Gasteiger partial charge < -0.3 is 14.4 Å². The maximum absolute atomic E-state index is 13.0. The number of thiol groups is 1. The second-order valence-electron chi connectivity index (χ2n) is 10.1. The molecule has 0 saturated heterocycles. The van der Waals surface area contributed by atoms with Gasteiger partial charge in [-0.1, -0.05) is 29.8 Å². The molecule has 0 radical (unpaired) electrons. The Balaban J connectivity index is 1.60. The van der Waals surface area contributed by atoms with Crippen LogP contribution in [0.1, 0.15) is 47.2 Å². The van der Waals surface area contributed by atoms with Crippen molar-refractivity contribution in [1.82, 2.24) is 0 Å². The monoisotopic (exact) mass is 574 g/mol. The van der Waals surface area contributed by atoms with Gasteiger partial charge in [-0.05, 0) is 85.4 Å². The highest BCUT2D eigenvalue weighted by molar-refractivity contribution is 7.99. The largest absolute Gasteiger partial charge is 0.481 e. The lowest BCUT2D eigenvalue weighted by atomic mass is 9.70. The van der Waals surface area contributed by atoms with Crippen LogP contribution in [0.4, 0.5) is 5.69 Å². The Morgan fingerprint density at radius 1 is 1.18 bits per heavy atom. The normalized spacial score (nSPS) is 27.8. The molecule has 38 heavy (non-hydrogen) atoms. The van der Waals surface area contributed by atoms with Crippen molar-refractivity contribution in [3.05, 3.63) is 70.3 Å². The number of benzene rings is 2. The predicted octanol–water partition coefficient (Wildman–Crippen LogP) is 6.17. The minimum atomic E-state index is -1.95. The molecular formula is C29H35ClN2O4S2. The Morgan fingerprint density at radius 2 is 2.08 bits per heavy atom. The SMILES string of the molecule is CO[C@H]1/C=C/CCC/[SH](=O)=N\C(=O)c2ccc3c(c2)N(Cc2ccc(Cl)cc2CCSCO3)C[C@@H]2CC[C@H]21. The molecule has 4 atom stereocenters. The molecule has 0 aromatic heterocycles. The summed E-state index contributed by atoms with van der Waals surface area (Å²) in [6, 6.07) is 11.6. The van der Waals surface area contributed by atoms with Gasteiger partial charge in [-0.15, -0.1) is 11.8 Å². The van der Waals surface area contributed by atoms with E-state index in [0.29, 0.717) is 35.6 Å². The van der Waals surface area contributed by atoms with Crippen LogP contribution in [0.5, 0.6) is 5.75 Å². The van der Waals surface area contributed by atoms with Gasteiger partial charge in [0.15, 0.2) is 0 Å². The number of aryl methyl sites for hydroxylation is 1. The molecule has 2 heterocycles. The maximum atomic E-state index is 13.0. The van der Waals surface area contributed by atoms with E-state index in [4.69, 9.17) is 21.1 Å². The lowest BCUT2D eigenvalue weighted by molar-refractivity contribution is 0.0134. The van der Waals surface area contributed by atoms with Crippen molar-refractivity contribution >= 4 is 45.6 Å². The zero-order valence-electron chi connectivity index (χ0n) is 21.7. The minimum absolute atomic E-state index is 0.0511. The molecule has 2 aromatic rings. The van der Waals surface area contributed by atoms with E-state index in [0.717, 1.165) is 60.9 Å². The van der Waals surface area contributed by atoms with Crippen LogP contribution in [0, 0.1) is 11.8 Å². The first-order valence-corrected chi connectivity index (χ1v) is 16.2. The van der Waals surface area contributed by atoms with Crippen LogP contribution in [0.15, 0.2) is 52.9 Å². The summed E-state index contributed by atoms with van der Waals surface area (Å²) in [5.74, 6) is 3.01. The maximum Gasteiger partial charge on any atom is 0.284 e. The molecule has 204 valence electrons. The highest BCUT2D eigenvalue weighted by Crippen LogP contribution is 2.42. The van der Waals surface area contributed by atoms with Gasteiger partial charge >= 0.3 is 0 Å². The lowest BCUT2D eigenvalue weighted by Crippen LogP contribution is -2.43. The van der Waals surface area contributed by atoms with Crippen molar-refractivity contribution in [2.45, 2.75) is 44.8 Å². The van der Waals surface area contributed by atoms with Gasteiger partial charge in [-0.2, -0.15) is 4.36 Å². The average molecular weight is 575 g/mol. The number of nitrogens with zero attached hydrogens (tertiary/aromatic N) is 2. The number of methoxy groups -OCH3 is 1. The minimum Gasteiger partial charge on any atom is -0.481 e. The summed E-state index contributed by atoms with van der Waals surface area (Å²) < 4.78 is 28.7. The summed E-state index contributed by atoms with van der Waals surface area (Å²) in [5.41, 5.74) is 3.77. The number of hydrogen-bond donors (Lipinski definition) is 1. The molecule has 1 unspecified atom stereocenters. The molecule has 1 fully saturated rings. The third kappa shape index (κ3) is 6.58. The first-order chi connectivity index (χ1) is 18.5. The number of fused-ring (bicyclic) bond motifs is 3. The van der Waals surface area contributed by atoms with Gasteiger partial charge in [-0.3, -0.25) is 9.00 Å². The molecule has 0 N–H and O–H groups in total. The first kappa shape index (κ1) is 27.6. The van der Waals surface area contributed by atoms with E-state index >= 15 is 0 Å². The van der Waals surface area contributed by atoms with Crippen molar-refractivity contribution < 1.29 is 18.5 Å². The molecule has 1 saturated carbocycles. The van der Waals surface area contributed by atoms with Gasteiger partial charge in [0.05, 0.1) is 11.8 Å². The van der Waals surface area contributed by atoms with Gasteiger partial charge in [-0.25, -0.2) is 0 Å². The van der Waals surface area contributed by atoms with E-state index < -0.39 is 16.5 Å². The number of ether oxygens (including phenoxy) is 2. The third-order valence-corrected chi connectivity index (χ3v) is 9.88. The highest BCUT2D eigenvalue weighted by Gasteiger charge is 2.37. The van der Waals surface area contributed by atoms with Crippen LogP contribution < -0.4 is 9.64 Å². The number of hydrogen-bond acceptors (Lipinski definition) is 6. The van der Waals surface area contributed by atoms with Crippen molar-refractivity contribution in [2.75, 3.05) is 36.0 Å². The number of rotatable bonds is 1. The molecule has 6 nitrogen and oxygen atoms in total. The Bertz CT molecular complexity index is 1280. The lowest BCUT2D eigenvalue weighted by Gasteiger charge is -2.43. The fourth-order valence-corrected chi connectivity index (χ4v) is 7.28. The van der Waals surface area contributed by atoms with Gasteiger partial charge in [0.25, 0.3) is 5.91 Å². The first-order valence-electron chi connectivity index (χ1n) is 13.3. The van der Waals surface area contributed by atoms with Crippen LogP contribution in [-0.2, 0) is 28.3 Å². The third-order valence-electron chi connectivity index (χ3n) is 7.76. The summed E-state index contributed by atoms with van der Waals surface area (Å²) in [7, 11) is -0.173. The van der Waals surface area contributed by atoms with Crippen LogP contribution in [0.3, 0.4) is 0 Å². The standard InChI is InChI=1S/C29H35ClN2O4S2/c1-35-27-5-3-2-4-14-38(34)31-29(33)21-8-11-28-26(16-21)32(18-23-7-10-25(23)27)17-22-6-9-24(30)15-20(22)12-13-37-19-36-28/h3,5-6,8-9,11,15-16,23,25,27,38H,2,4,7,10,12-14,17-19H2,1H3/b5-3+/t23-,25+,27-/m0/s1. The van der Waals surface area contributed by atoms with Gasteiger partial charge in [0.1, 0.15) is 11.7 Å². The van der Waals surface area contributed by atoms with Crippen LogP contribution in [-0.4, -0.2) is 47.3 Å². The Hall–Kier alpha value is -2.00. The molecule has 2 aliphatic heterocycles. The molecule has 5 rings (SSSR count). The van der Waals surface area contributed by atoms with E-state index in [1.807, 2.05) is 18.2 Å². The van der Waals surface area contributed by atoms with E-state index in [9.17, 15) is 9.00 Å². The average Bonchev–Trinajstić information content (AvgIpc) is 2.92. The van der Waals surface area contributed by atoms with Gasteiger partial charge in [0.2, 0.25) is 0 Å². The van der Waals surface area contributed by atoms with Crippen LogP contribution in [0.25, 0.3) is 0 Å². The van der Waals surface area contributed by atoms with E-state index in [-0.39, 0.29) is 6.10 Å². The topological polar surface area (TPSA) is 68.2 Å². The summed E-state index contributed by atoms with van der Waals surface area (Å²) in [6.07, 6.45) is 9.01. The highest BCUT2D eigenvalue weighted by atomic mass is 35.5. The zero-order chi connectivity index (χ0) is 26.5.